The standard InChI is InChI=1S/C10H11BrClNO4/c11-6-1-2-7(8(5-6)13(16)17)10(15)9(14)3-4-12/h1-2,5,9-10,14-15H,3-4H2. The summed E-state index contributed by atoms with van der Waals surface area (Å²) in [6.07, 6.45) is -2.27. The Hall–Kier alpha value is -0.690. The second kappa shape index (κ2) is 6.30. The Morgan fingerprint density at radius 3 is 2.65 bits per heavy atom. The minimum Gasteiger partial charge on any atom is -0.390 e. The Morgan fingerprint density at radius 1 is 1.47 bits per heavy atom. The third kappa shape index (κ3) is 3.64. The average Bonchev–Trinajstić information content (AvgIpc) is 2.28. The summed E-state index contributed by atoms with van der Waals surface area (Å²) in [6, 6.07) is 4.26. The Morgan fingerprint density at radius 2 is 2.12 bits per heavy atom. The van der Waals surface area contributed by atoms with Crippen molar-refractivity contribution in [2.24, 2.45) is 0 Å². The van der Waals surface area contributed by atoms with Gasteiger partial charge in [-0.15, -0.1) is 11.6 Å². The number of rotatable bonds is 5. The Balaban J connectivity index is 3.08. The molecule has 0 saturated carbocycles. The summed E-state index contributed by atoms with van der Waals surface area (Å²) < 4.78 is 0.534. The topological polar surface area (TPSA) is 83.6 Å². The van der Waals surface area contributed by atoms with E-state index in [-0.39, 0.29) is 23.6 Å². The molecule has 0 aliphatic rings. The highest BCUT2D eigenvalue weighted by atomic mass is 79.9. The number of halogens is 2. The lowest BCUT2D eigenvalue weighted by atomic mass is 10.0. The summed E-state index contributed by atoms with van der Waals surface area (Å²) in [7, 11) is 0. The van der Waals surface area contributed by atoms with E-state index in [4.69, 9.17) is 11.6 Å². The zero-order valence-corrected chi connectivity index (χ0v) is 11.1. The van der Waals surface area contributed by atoms with Gasteiger partial charge in [0.15, 0.2) is 0 Å². The molecule has 2 N–H and O–H groups in total. The number of hydrogen-bond donors (Lipinski definition) is 2. The molecule has 7 heteroatoms. The number of nitrogens with zero attached hydrogens (tertiary/aromatic N) is 1. The molecule has 0 saturated heterocycles. The Bertz CT molecular complexity index is 415. The molecule has 0 aliphatic carbocycles. The van der Waals surface area contributed by atoms with E-state index in [9.17, 15) is 20.3 Å². The summed E-state index contributed by atoms with van der Waals surface area (Å²) >= 11 is 8.55. The summed E-state index contributed by atoms with van der Waals surface area (Å²) in [6.45, 7) is 0. The number of aliphatic hydroxyl groups is 2. The molecule has 94 valence electrons. The fourth-order valence-corrected chi connectivity index (χ4v) is 1.97. The molecule has 0 amide bonds. The van der Waals surface area contributed by atoms with E-state index in [0.717, 1.165) is 0 Å². The molecular formula is C10H11BrClNO4. The quantitative estimate of drug-likeness (QED) is 0.495. The molecule has 0 heterocycles. The van der Waals surface area contributed by atoms with Crippen LogP contribution in [0.15, 0.2) is 22.7 Å². The second-order valence-electron chi connectivity index (χ2n) is 3.45. The molecule has 5 nitrogen and oxygen atoms in total. The fourth-order valence-electron chi connectivity index (χ4n) is 1.40. The molecule has 1 aromatic rings. The van der Waals surface area contributed by atoms with Crippen LogP contribution in [0.4, 0.5) is 5.69 Å². The molecule has 0 radical (unpaired) electrons. The molecule has 0 bridgehead atoms. The first-order valence-corrected chi connectivity index (χ1v) is 6.16. The molecule has 1 rings (SSSR count). The van der Waals surface area contributed by atoms with E-state index in [0.29, 0.717) is 4.47 Å². The van der Waals surface area contributed by atoms with Crippen LogP contribution in [0.1, 0.15) is 18.1 Å². The SMILES string of the molecule is O=[N+]([O-])c1cc(Br)ccc1C(O)C(O)CCCl. The van der Waals surface area contributed by atoms with Crippen LogP contribution in [-0.4, -0.2) is 27.1 Å². The van der Waals surface area contributed by atoms with Crippen molar-refractivity contribution in [3.63, 3.8) is 0 Å². The van der Waals surface area contributed by atoms with Gasteiger partial charge in [-0.05, 0) is 18.6 Å². The number of nitro benzene ring substituents is 1. The highest BCUT2D eigenvalue weighted by Gasteiger charge is 2.25. The number of nitro groups is 1. The second-order valence-corrected chi connectivity index (χ2v) is 4.74. The van der Waals surface area contributed by atoms with Crippen LogP contribution in [0.2, 0.25) is 0 Å². The highest BCUT2D eigenvalue weighted by Crippen LogP contribution is 2.30. The molecule has 0 aromatic heterocycles. The van der Waals surface area contributed by atoms with E-state index < -0.39 is 17.1 Å². The fraction of sp³-hybridized carbons (Fsp3) is 0.400. The smallest absolute Gasteiger partial charge is 0.276 e. The Labute approximate surface area is 111 Å². The maximum absolute atomic E-state index is 10.8. The van der Waals surface area contributed by atoms with Crippen LogP contribution in [0.3, 0.4) is 0 Å². The zero-order chi connectivity index (χ0) is 13.0. The lowest BCUT2D eigenvalue weighted by Gasteiger charge is -2.17. The third-order valence-electron chi connectivity index (χ3n) is 2.28. The first kappa shape index (κ1) is 14.4. The minimum absolute atomic E-state index is 0.0795. The largest absolute Gasteiger partial charge is 0.390 e. The van der Waals surface area contributed by atoms with E-state index in [2.05, 4.69) is 15.9 Å². The average molecular weight is 325 g/mol. The van der Waals surface area contributed by atoms with Crippen LogP contribution in [0.5, 0.6) is 0 Å². The van der Waals surface area contributed by atoms with Crippen LogP contribution in [0, 0.1) is 10.1 Å². The monoisotopic (exact) mass is 323 g/mol. The van der Waals surface area contributed by atoms with Crippen molar-refractivity contribution in [3.05, 3.63) is 38.3 Å². The summed E-state index contributed by atoms with van der Waals surface area (Å²) in [5, 5.41) is 30.2. The van der Waals surface area contributed by atoms with Crippen molar-refractivity contribution in [2.45, 2.75) is 18.6 Å². The predicted molar refractivity (Wildman–Crippen MR) is 67.1 cm³/mol. The van der Waals surface area contributed by atoms with Crippen molar-refractivity contribution in [3.8, 4) is 0 Å². The van der Waals surface area contributed by atoms with Crippen LogP contribution >= 0.6 is 27.5 Å². The Kier molecular flexibility index (Phi) is 5.32. The van der Waals surface area contributed by atoms with Crippen LogP contribution in [-0.2, 0) is 0 Å². The van der Waals surface area contributed by atoms with Gasteiger partial charge in [0.1, 0.15) is 6.10 Å². The molecule has 2 atom stereocenters. The van der Waals surface area contributed by atoms with Crippen LogP contribution < -0.4 is 0 Å². The van der Waals surface area contributed by atoms with Gasteiger partial charge in [0.25, 0.3) is 5.69 Å². The van der Waals surface area contributed by atoms with Gasteiger partial charge < -0.3 is 10.2 Å². The number of alkyl halides is 1. The molecule has 0 spiro atoms. The summed E-state index contributed by atoms with van der Waals surface area (Å²) in [5.74, 6) is 0.169. The maximum Gasteiger partial charge on any atom is 0.276 e. The lowest BCUT2D eigenvalue weighted by molar-refractivity contribution is -0.386. The van der Waals surface area contributed by atoms with E-state index in [1.165, 1.54) is 12.1 Å². The van der Waals surface area contributed by atoms with Crippen molar-refractivity contribution in [1.82, 2.24) is 0 Å². The highest BCUT2D eigenvalue weighted by molar-refractivity contribution is 9.10. The maximum atomic E-state index is 10.8. The number of aliphatic hydroxyl groups excluding tert-OH is 2. The first-order chi connectivity index (χ1) is 7.97. The lowest BCUT2D eigenvalue weighted by Crippen LogP contribution is -2.19. The summed E-state index contributed by atoms with van der Waals surface area (Å²) in [4.78, 5) is 10.2. The van der Waals surface area contributed by atoms with E-state index in [1.54, 1.807) is 6.07 Å². The molecular weight excluding hydrogens is 313 g/mol. The third-order valence-corrected chi connectivity index (χ3v) is 2.99. The zero-order valence-electron chi connectivity index (χ0n) is 8.72. The van der Waals surface area contributed by atoms with Crippen molar-refractivity contribution < 1.29 is 15.1 Å². The minimum atomic E-state index is -1.32. The molecule has 2 unspecified atom stereocenters. The number of hydrogen-bond acceptors (Lipinski definition) is 4. The van der Waals surface area contributed by atoms with Gasteiger partial charge in [0, 0.05) is 16.4 Å². The van der Waals surface area contributed by atoms with E-state index >= 15 is 0 Å². The van der Waals surface area contributed by atoms with Gasteiger partial charge >= 0.3 is 0 Å². The van der Waals surface area contributed by atoms with Gasteiger partial charge in [-0.25, -0.2) is 0 Å². The molecule has 0 aliphatic heterocycles. The van der Waals surface area contributed by atoms with Gasteiger partial charge in [-0.2, -0.15) is 0 Å². The normalized spacial score (nSPS) is 14.4. The molecule has 17 heavy (non-hydrogen) atoms. The van der Waals surface area contributed by atoms with Crippen LogP contribution in [0.25, 0.3) is 0 Å². The van der Waals surface area contributed by atoms with Gasteiger partial charge in [-0.1, -0.05) is 15.9 Å². The molecule has 1 aromatic carbocycles. The van der Waals surface area contributed by atoms with E-state index in [1.807, 2.05) is 0 Å². The first-order valence-electron chi connectivity index (χ1n) is 4.83. The number of benzene rings is 1. The van der Waals surface area contributed by atoms with Crippen molar-refractivity contribution >= 4 is 33.2 Å². The van der Waals surface area contributed by atoms with Crippen molar-refractivity contribution in [2.75, 3.05) is 5.88 Å². The van der Waals surface area contributed by atoms with Gasteiger partial charge in [0.05, 0.1) is 16.6 Å². The van der Waals surface area contributed by atoms with Crippen molar-refractivity contribution in [1.29, 1.82) is 0 Å². The van der Waals surface area contributed by atoms with Gasteiger partial charge in [-0.3, -0.25) is 10.1 Å². The van der Waals surface area contributed by atoms with Gasteiger partial charge in [0.2, 0.25) is 0 Å². The predicted octanol–water partition coefficient (Wildman–Crippen LogP) is 2.38. The summed E-state index contributed by atoms with van der Waals surface area (Å²) in [5.41, 5.74) is -0.156. The molecule has 0 fully saturated rings.